The summed E-state index contributed by atoms with van der Waals surface area (Å²) in [4.78, 5) is 4.15. The fourth-order valence-corrected chi connectivity index (χ4v) is 3.16. The lowest BCUT2D eigenvalue weighted by atomic mass is 10.0. The van der Waals surface area contributed by atoms with E-state index in [0.717, 1.165) is 44.6 Å². The molecule has 0 unspecified atom stereocenters. The van der Waals surface area contributed by atoms with Crippen LogP contribution in [0.15, 0.2) is 60.9 Å². The summed E-state index contributed by atoms with van der Waals surface area (Å²) in [5.74, 6) is 0.960. The van der Waals surface area contributed by atoms with Crippen LogP contribution in [0.1, 0.15) is 30.4 Å². The van der Waals surface area contributed by atoms with E-state index in [0.29, 0.717) is 0 Å². The van der Waals surface area contributed by atoms with Crippen molar-refractivity contribution in [2.24, 2.45) is 0 Å². The van der Waals surface area contributed by atoms with E-state index in [-0.39, 0.29) is 0 Å². The maximum Gasteiger partial charge on any atom is 0.119 e. The molecule has 0 aliphatic heterocycles. The van der Waals surface area contributed by atoms with Crippen LogP contribution in [0.5, 0.6) is 5.75 Å². The quantitative estimate of drug-likeness (QED) is 0.399. The maximum absolute atomic E-state index is 5.94. The Morgan fingerprint density at radius 1 is 0.893 bits per heavy atom. The minimum atomic E-state index is 0.758. The molecule has 0 radical (unpaired) electrons. The van der Waals surface area contributed by atoms with E-state index in [1.807, 2.05) is 25.5 Å². The molecule has 3 heteroatoms. The fourth-order valence-electron chi connectivity index (χ4n) is 3.16. The largest absolute Gasteiger partial charge is 0.494 e. The molecule has 3 rings (SSSR count). The molecule has 28 heavy (non-hydrogen) atoms. The van der Waals surface area contributed by atoms with E-state index in [4.69, 9.17) is 4.74 Å². The van der Waals surface area contributed by atoms with Crippen molar-refractivity contribution in [3.05, 3.63) is 72.1 Å². The van der Waals surface area contributed by atoms with Crippen molar-refractivity contribution in [1.29, 1.82) is 0 Å². The Morgan fingerprint density at radius 3 is 2.46 bits per heavy atom. The number of fused-ring (bicyclic) bond motifs is 1. The summed E-state index contributed by atoms with van der Waals surface area (Å²) in [6, 6.07) is 17.3. The first-order chi connectivity index (χ1) is 13.8. The van der Waals surface area contributed by atoms with Crippen molar-refractivity contribution in [1.82, 2.24) is 10.3 Å². The summed E-state index contributed by atoms with van der Waals surface area (Å²) in [7, 11) is 2.00. The van der Waals surface area contributed by atoms with Crippen molar-refractivity contribution >= 4 is 10.8 Å². The molecule has 1 aromatic heterocycles. The van der Waals surface area contributed by atoms with Crippen LogP contribution in [0.3, 0.4) is 0 Å². The molecule has 1 heterocycles. The Kier molecular flexibility index (Phi) is 9.61. The predicted octanol–water partition coefficient (Wildman–Crippen LogP) is 5.04. The van der Waals surface area contributed by atoms with Crippen molar-refractivity contribution in [3.8, 4) is 18.6 Å². The van der Waals surface area contributed by atoms with Crippen molar-refractivity contribution < 1.29 is 4.74 Å². The van der Waals surface area contributed by atoms with Gasteiger partial charge in [0, 0.05) is 12.4 Å². The standard InChI is InChI=1S/C23H28N2O.C2H2/c1-24-13-4-7-19-9-10-22-17-23(12-11-21(22)16-19)26-15-3-2-6-20-8-5-14-25-18-20;1-2/h5,8-12,14,16-18,24H,2-4,6-7,13,15H2,1H3;1-2H. The molecule has 0 saturated heterocycles. The van der Waals surface area contributed by atoms with Gasteiger partial charge in [-0.25, -0.2) is 0 Å². The maximum atomic E-state index is 5.94. The van der Waals surface area contributed by atoms with Crippen LogP contribution in [-0.4, -0.2) is 25.2 Å². The number of terminal acetylenes is 1. The number of hydrogen-bond donors (Lipinski definition) is 1. The minimum Gasteiger partial charge on any atom is -0.494 e. The van der Waals surface area contributed by atoms with E-state index < -0.39 is 0 Å². The highest BCUT2D eigenvalue weighted by Crippen LogP contribution is 2.23. The van der Waals surface area contributed by atoms with Gasteiger partial charge in [-0.05, 0) is 85.8 Å². The van der Waals surface area contributed by atoms with Gasteiger partial charge in [0.2, 0.25) is 0 Å². The van der Waals surface area contributed by atoms with Gasteiger partial charge in [0.15, 0.2) is 0 Å². The van der Waals surface area contributed by atoms with Crippen LogP contribution in [0.25, 0.3) is 10.8 Å². The van der Waals surface area contributed by atoms with E-state index in [1.165, 1.54) is 28.3 Å². The summed E-state index contributed by atoms with van der Waals surface area (Å²) < 4.78 is 5.94. The molecule has 0 bridgehead atoms. The van der Waals surface area contributed by atoms with Crippen molar-refractivity contribution in [2.75, 3.05) is 20.2 Å². The van der Waals surface area contributed by atoms with Gasteiger partial charge in [-0.15, -0.1) is 12.8 Å². The third-order valence-corrected chi connectivity index (χ3v) is 4.62. The lowest BCUT2D eigenvalue weighted by molar-refractivity contribution is 0.307. The van der Waals surface area contributed by atoms with Crippen LogP contribution in [0, 0.1) is 12.8 Å². The zero-order valence-electron chi connectivity index (χ0n) is 16.7. The van der Waals surface area contributed by atoms with Gasteiger partial charge in [-0.1, -0.05) is 30.3 Å². The molecule has 3 nitrogen and oxygen atoms in total. The molecule has 2 aromatic carbocycles. The second kappa shape index (κ2) is 12.5. The van der Waals surface area contributed by atoms with Crippen molar-refractivity contribution in [3.63, 3.8) is 0 Å². The van der Waals surface area contributed by atoms with Gasteiger partial charge in [-0.2, -0.15) is 0 Å². The van der Waals surface area contributed by atoms with Gasteiger partial charge < -0.3 is 10.1 Å². The van der Waals surface area contributed by atoms with Gasteiger partial charge in [-0.3, -0.25) is 4.98 Å². The molecule has 1 N–H and O–H groups in total. The zero-order chi connectivity index (χ0) is 20.0. The van der Waals surface area contributed by atoms with Crippen LogP contribution >= 0.6 is 0 Å². The SMILES string of the molecule is C#C.CNCCCc1ccc2cc(OCCCCc3cccnc3)ccc2c1. The third-order valence-electron chi connectivity index (χ3n) is 4.62. The summed E-state index contributed by atoms with van der Waals surface area (Å²) in [5.41, 5.74) is 2.69. The van der Waals surface area contributed by atoms with Crippen LogP contribution in [-0.2, 0) is 12.8 Å². The normalized spacial score (nSPS) is 10.2. The number of pyridine rings is 1. The first-order valence-electron chi connectivity index (χ1n) is 9.87. The Labute approximate surface area is 169 Å². The highest BCUT2D eigenvalue weighted by Gasteiger charge is 2.01. The first-order valence-corrected chi connectivity index (χ1v) is 9.87. The van der Waals surface area contributed by atoms with Gasteiger partial charge in [0.05, 0.1) is 6.61 Å². The highest BCUT2D eigenvalue weighted by molar-refractivity contribution is 5.84. The number of hydrogen-bond acceptors (Lipinski definition) is 3. The fraction of sp³-hybridized carbons (Fsp3) is 0.320. The second-order valence-electron chi connectivity index (χ2n) is 6.72. The first kappa shape index (κ1) is 21.5. The number of unbranched alkanes of at least 4 members (excludes halogenated alkanes) is 1. The third kappa shape index (κ3) is 7.06. The molecule has 146 valence electrons. The van der Waals surface area contributed by atoms with Crippen LogP contribution < -0.4 is 10.1 Å². The zero-order valence-corrected chi connectivity index (χ0v) is 16.7. The average molecular weight is 375 g/mol. The Hall–Kier alpha value is -2.83. The Bertz CT molecular complexity index is 843. The van der Waals surface area contributed by atoms with Crippen LogP contribution in [0.4, 0.5) is 0 Å². The molecule has 0 amide bonds. The second-order valence-corrected chi connectivity index (χ2v) is 6.72. The van der Waals surface area contributed by atoms with Crippen molar-refractivity contribution in [2.45, 2.75) is 32.1 Å². The molecular formula is C25H30N2O. The van der Waals surface area contributed by atoms with Gasteiger partial charge >= 0.3 is 0 Å². The average Bonchev–Trinajstić information content (AvgIpc) is 2.76. The van der Waals surface area contributed by atoms with E-state index >= 15 is 0 Å². The monoisotopic (exact) mass is 374 g/mol. The minimum absolute atomic E-state index is 0.758. The number of rotatable bonds is 10. The van der Waals surface area contributed by atoms with Gasteiger partial charge in [0.25, 0.3) is 0 Å². The molecule has 0 aliphatic rings. The molecule has 0 spiro atoms. The molecule has 3 aromatic rings. The lowest BCUT2D eigenvalue weighted by Gasteiger charge is -2.09. The number of benzene rings is 2. The number of aromatic nitrogens is 1. The molecule has 0 aliphatic carbocycles. The number of nitrogens with one attached hydrogen (secondary N) is 1. The van der Waals surface area contributed by atoms with E-state index in [2.05, 4.69) is 65.6 Å². The molecule has 0 saturated carbocycles. The van der Waals surface area contributed by atoms with E-state index in [1.54, 1.807) is 0 Å². The molecule has 0 atom stereocenters. The highest BCUT2D eigenvalue weighted by atomic mass is 16.5. The summed E-state index contributed by atoms with van der Waals surface area (Å²) in [5, 5.41) is 5.73. The summed E-state index contributed by atoms with van der Waals surface area (Å²) >= 11 is 0. The smallest absolute Gasteiger partial charge is 0.119 e. The number of nitrogens with zero attached hydrogens (tertiary/aromatic N) is 1. The number of ether oxygens (including phenoxy) is 1. The summed E-state index contributed by atoms with van der Waals surface area (Å²) in [6.07, 6.45) is 17.3. The molecular weight excluding hydrogens is 344 g/mol. The lowest BCUT2D eigenvalue weighted by Crippen LogP contribution is -2.08. The Morgan fingerprint density at radius 2 is 1.68 bits per heavy atom. The Balaban J connectivity index is 0.00000136. The van der Waals surface area contributed by atoms with E-state index in [9.17, 15) is 0 Å². The molecule has 0 fully saturated rings. The predicted molar refractivity (Wildman–Crippen MR) is 119 cm³/mol. The topological polar surface area (TPSA) is 34.1 Å². The number of aryl methyl sites for hydroxylation is 2. The summed E-state index contributed by atoms with van der Waals surface area (Å²) in [6.45, 7) is 1.82. The van der Waals surface area contributed by atoms with Gasteiger partial charge in [0.1, 0.15) is 5.75 Å². The van der Waals surface area contributed by atoms with Crippen LogP contribution in [0.2, 0.25) is 0 Å².